The van der Waals surface area contributed by atoms with Crippen LogP contribution in [0.3, 0.4) is 0 Å². The summed E-state index contributed by atoms with van der Waals surface area (Å²) in [5.74, 6) is 0.927. The molecule has 3 aromatic rings. The number of hydrogen-bond acceptors (Lipinski definition) is 4. The lowest BCUT2D eigenvalue weighted by molar-refractivity contribution is -0.116. The molecule has 0 aliphatic carbocycles. The van der Waals surface area contributed by atoms with Gasteiger partial charge < -0.3 is 15.0 Å². The van der Waals surface area contributed by atoms with Gasteiger partial charge in [0.25, 0.3) is 0 Å². The number of carbonyl (C=O) groups is 1. The monoisotopic (exact) mass is 361 g/mol. The third-order valence-corrected chi connectivity index (χ3v) is 4.82. The quantitative estimate of drug-likeness (QED) is 0.754. The molecule has 1 aliphatic heterocycles. The molecule has 4 rings (SSSR count). The normalized spacial score (nSPS) is 14.3. The Morgan fingerprint density at radius 2 is 1.85 bits per heavy atom. The molecule has 5 nitrogen and oxygen atoms in total. The Hall–Kier alpha value is -2.92. The van der Waals surface area contributed by atoms with E-state index in [0.29, 0.717) is 6.42 Å². The zero-order chi connectivity index (χ0) is 18.5. The second-order valence-corrected chi connectivity index (χ2v) is 6.73. The number of nitrogens with zero attached hydrogens (tertiary/aromatic N) is 2. The van der Waals surface area contributed by atoms with E-state index in [9.17, 15) is 4.79 Å². The van der Waals surface area contributed by atoms with Gasteiger partial charge in [0.15, 0.2) is 0 Å². The number of amides is 1. The van der Waals surface area contributed by atoms with Gasteiger partial charge in [-0.05, 0) is 34.9 Å². The molecule has 2 aromatic carbocycles. The molecule has 1 amide bonds. The highest BCUT2D eigenvalue weighted by atomic mass is 16.5. The first kappa shape index (κ1) is 17.5. The van der Waals surface area contributed by atoms with Crippen LogP contribution in [0.5, 0.6) is 0 Å². The van der Waals surface area contributed by atoms with Crippen molar-refractivity contribution in [3.05, 3.63) is 66.4 Å². The number of anilines is 2. The Morgan fingerprint density at radius 3 is 2.63 bits per heavy atom. The van der Waals surface area contributed by atoms with E-state index in [0.717, 1.165) is 44.2 Å². The summed E-state index contributed by atoms with van der Waals surface area (Å²) in [5, 5.41) is 5.36. The molecular formula is C22H23N3O2. The molecular weight excluding hydrogens is 338 g/mol. The number of morpholine rings is 1. The van der Waals surface area contributed by atoms with E-state index in [-0.39, 0.29) is 5.91 Å². The van der Waals surface area contributed by atoms with Crippen LogP contribution in [0.2, 0.25) is 0 Å². The largest absolute Gasteiger partial charge is 0.378 e. The van der Waals surface area contributed by atoms with E-state index in [1.165, 1.54) is 16.3 Å². The summed E-state index contributed by atoms with van der Waals surface area (Å²) in [6.07, 6.45) is 2.89. The van der Waals surface area contributed by atoms with Crippen molar-refractivity contribution in [3.8, 4) is 0 Å². The zero-order valence-corrected chi connectivity index (χ0v) is 15.2. The Balaban J connectivity index is 1.31. The summed E-state index contributed by atoms with van der Waals surface area (Å²) in [6, 6.07) is 18.5. The Labute approximate surface area is 159 Å². The van der Waals surface area contributed by atoms with Crippen LogP contribution in [0.1, 0.15) is 12.0 Å². The highest BCUT2D eigenvalue weighted by Crippen LogP contribution is 2.18. The fourth-order valence-corrected chi connectivity index (χ4v) is 3.32. The minimum absolute atomic E-state index is 0.00378. The zero-order valence-electron chi connectivity index (χ0n) is 15.2. The lowest BCUT2D eigenvalue weighted by atomic mass is 10.0. The molecule has 0 saturated carbocycles. The molecule has 27 heavy (non-hydrogen) atoms. The van der Waals surface area contributed by atoms with Crippen molar-refractivity contribution in [2.45, 2.75) is 12.8 Å². The van der Waals surface area contributed by atoms with E-state index < -0.39 is 0 Å². The van der Waals surface area contributed by atoms with Gasteiger partial charge in [-0.3, -0.25) is 4.79 Å². The van der Waals surface area contributed by atoms with E-state index in [1.54, 1.807) is 6.20 Å². The molecule has 0 atom stereocenters. The molecule has 1 aliphatic rings. The highest BCUT2D eigenvalue weighted by molar-refractivity contribution is 5.91. The topological polar surface area (TPSA) is 54.5 Å². The molecule has 138 valence electrons. The molecule has 1 saturated heterocycles. The van der Waals surface area contributed by atoms with Crippen LogP contribution in [0.4, 0.5) is 11.5 Å². The van der Waals surface area contributed by atoms with E-state index in [4.69, 9.17) is 4.74 Å². The summed E-state index contributed by atoms with van der Waals surface area (Å²) < 4.78 is 5.36. The Morgan fingerprint density at radius 1 is 1.04 bits per heavy atom. The lowest BCUT2D eigenvalue weighted by Crippen LogP contribution is -2.36. The molecule has 0 spiro atoms. The van der Waals surface area contributed by atoms with Crippen molar-refractivity contribution in [1.29, 1.82) is 0 Å². The van der Waals surface area contributed by atoms with E-state index in [1.807, 2.05) is 24.3 Å². The lowest BCUT2D eigenvalue weighted by Gasteiger charge is -2.27. The summed E-state index contributed by atoms with van der Waals surface area (Å²) in [4.78, 5) is 18.9. The first-order chi connectivity index (χ1) is 13.3. The second kappa shape index (κ2) is 8.18. The van der Waals surface area contributed by atoms with Crippen molar-refractivity contribution in [1.82, 2.24) is 4.98 Å². The van der Waals surface area contributed by atoms with Crippen molar-refractivity contribution < 1.29 is 9.53 Å². The Kier molecular flexibility index (Phi) is 5.30. The average molecular weight is 361 g/mol. The predicted molar refractivity (Wildman–Crippen MR) is 108 cm³/mol. The van der Waals surface area contributed by atoms with Gasteiger partial charge >= 0.3 is 0 Å². The molecule has 2 heterocycles. The van der Waals surface area contributed by atoms with Crippen LogP contribution < -0.4 is 10.2 Å². The minimum Gasteiger partial charge on any atom is -0.378 e. The Bertz CT molecular complexity index is 918. The van der Waals surface area contributed by atoms with Crippen molar-refractivity contribution in [2.24, 2.45) is 0 Å². The van der Waals surface area contributed by atoms with Gasteiger partial charge in [0.2, 0.25) is 5.91 Å². The number of aromatic nitrogens is 1. The van der Waals surface area contributed by atoms with Crippen LogP contribution in [-0.4, -0.2) is 37.2 Å². The standard InChI is InChI=1S/C22H23N3O2/c26-22(10-6-17-5-7-18-3-1-2-4-19(18)15-17)24-20-8-9-21(23-16-20)25-11-13-27-14-12-25/h1-5,7-9,15-16H,6,10-14H2,(H,24,26). The van der Waals surface area contributed by atoms with Gasteiger partial charge in [-0.1, -0.05) is 42.5 Å². The molecule has 1 aromatic heterocycles. The van der Waals surface area contributed by atoms with E-state index >= 15 is 0 Å². The number of benzene rings is 2. The summed E-state index contributed by atoms with van der Waals surface area (Å²) in [6.45, 7) is 3.17. The third-order valence-electron chi connectivity index (χ3n) is 4.82. The first-order valence-electron chi connectivity index (χ1n) is 9.34. The number of rotatable bonds is 5. The van der Waals surface area contributed by atoms with Crippen LogP contribution >= 0.6 is 0 Å². The highest BCUT2D eigenvalue weighted by Gasteiger charge is 2.12. The van der Waals surface area contributed by atoms with Crippen molar-refractivity contribution in [2.75, 3.05) is 36.5 Å². The molecule has 0 bridgehead atoms. The third kappa shape index (κ3) is 4.44. The number of ether oxygens (including phenoxy) is 1. The van der Waals surface area contributed by atoms with Crippen LogP contribution in [0.15, 0.2) is 60.8 Å². The molecule has 1 fully saturated rings. The van der Waals surface area contributed by atoms with E-state index in [2.05, 4.69) is 45.5 Å². The smallest absolute Gasteiger partial charge is 0.224 e. The van der Waals surface area contributed by atoms with Crippen LogP contribution in [-0.2, 0) is 16.0 Å². The summed E-state index contributed by atoms with van der Waals surface area (Å²) >= 11 is 0. The number of nitrogens with one attached hydrogen (secondary N) is 1. The molecule has 0 unspecified atom stereocenters. The van der Waals surface area contributed by atoms with Gasteiger partial charge in [-0.2, -0.15) is 0 Å². The fraction of sp³-hybridized carbons (Fsp3) is 0.273. The van der Waals surface area contributed by atoms with Gasteiger partial charge in [0, 0.05) is 19.5 Å². The number of carbonyl (C=O) groups excluding carboxylic acids is 1. The molecule has 5 heteroatoms. The van der Waals surface area contributed by atoms with Gasteiger partial charge in [-0.15, -0.1) is 0 Å². The number of pyridine rings is 1. The number of hydrogen-bond donors (Lipinski definition) is 1. The minimum atomic E-state index is 0.00378. The maximum atomic E-state index is 12.3. The van der Waals surface area contributed by atoms with Gasteiger partial charge in [0.1, 0.15) is 5.82 Å². The maximum Gasteiger partial charge on any atom is 0.224 e. The number of fused-ring (bicyclic) bond motifs is 1. The predicted octanol–water partition coefficient (Wildman–Crippen LogP) is 3.64. The average Bonchev–Trinajstić information content (AvgIpc) is 2.73. The van der Waals surface area contributed by atoms with Gasteiger partial charge in [-0.25, -0.2) is 4.98 Å². The van der Waals surface area contributed by atoms with Crippen molar-refractivity contribution >= 4 is 28.2 Å². The SMILES string of the molecule is O=C(CCc1ccc2ccccc2c1)Nc1ccc(N2CCOCC2)nc1. The van der Waals surface area contributed by atoms with Crippen LogP contribution in [0, 0.1) is 0 Å². The maximum absolute atomic E-state index is 12.3. The number of aryl methyl sites for hydroxylation is 1. The summed E-state index contributed by atoms with van der Waals surface area (Å²) in [5.41, 5.74) is 1.90. The van der Waals surface area contributed by atoms with Gasteiger partial charge in [0.05, 0.1) is 25.1 Å². The summed E-state index contributed by atoms with van der Waals surface area (Å²) in [7, 11) is 0. The molecule has 1 N–H and O–H groups in total. The molecule has 0 radical (unpaired) electrons. The fourth-order valence-electron chi connectivity index (χ4n) is 3.32. The first-order valence-corrected chi connectivity index (χ1v) is 9.34. The van der Waals surface area contributed by atoms with Crippen molar-refractivity contribution in [3.63, 3.8) is 0 Å². The van der Waals surface area contributed by atoms with Crippen LogP contribution in [0.25, 0.3) is 10.8 Å². The second-order valence-electron chi connectivity index (χ2n) is 6.73.